The van der Waals surface area contributed by atoms with E-state index < -0.39 is 12.8 Å². The van der Waals surface area contributed by atoms with Crippen LogP contribution in [0.3, 0.4) is 0 Å². The fraction of sp³-hybridized carbons (Fsp3) is 1.00. The van der Waals surface area contributed by atoms with Gasteiger partial charge in [-0.05, 0) is 25.7 Å². The number of nitrogens with zero attached hydrogens (tertiary/aromatic N) is 1. The van der Waals surface area contributed by atoms with E-state index in [0.717, 1.165) is 19.0 Å². The fourth-order valence-corrected chi connectivity index (χ4v) is 3.48. The van der Waals surface area contributed by atoms with Gasteiger partial charge in [0.2, 0.25) is 0 Å². The zero-order chi connectivity index (χ0) is 15.3. The Labute approximate surface area is 125 Å². The van der Waals surface area contributed by atoms with E-state index in [1.807, 2.05) is 0 Å². The maximum Gasteiger partial charge on any atom is 0.411 e. The van der Waals surface area contributed by atoms with E-state index in [1.165, 1.54) is 32.1 Å². The average Bonchev–Trinajstić information content (AvgIpc) is 2.45. The van der Waals surface area contributed by atoms with Crippen molar-refractivity contribution in [3.8, 4) is 0 Å². The third-order valence-electron chi connectivity index (χ3n) is 4.74. The SMILES string of the molecule is CC1CNC(C2CCCCC2)CN1CCOCC(F)(F)F. The largest absolute Gasteiger partial charge is 0.411 e. The minimum Gasteiger partial charge on any atom is -0.371 e. The Bertz CT molecular complexity index is 306. The van der Waals surface area contributed by atoms with E-state index in [9.17, 15) is 13.2 Å². The molecule has 0 aromatic carbocycles. The number of alkyl halides is 3. The minimum atomic E-state index is -4.22. The standard InChI is InChI=1S/C15H27F3N2O/c1-12-9-19-14(13-5-3-2-4-6-13)10-20(12)7-8-21-11-15(16,17)18/h12-14,19H,2-11H2,1H3. The smallest absolute Gasteiger partial charge is 0.371 e. The molecule has 0 bridgehead atoms. The molecule has 1 aliphatic heterocycles. The van der Waals surface area contributed by atoms with Gasteiger partial charge in [0.1, 0.15) is 6.61 Å². The van der Waals surface area contributed by atoms with E-state index in [4.69, 9.17) is 4.74 Å². The zero-order valence-electron chi connectivity index (χ0n) is 12.8. The highest BCUT2D eigenvalue weighted by atomic mass is 19.4. The van der Waals surface area contributed by atoms with Gasteiger partial charge in [0.25, 0.3) is 0 Å². The lowest BCUT2D eigenvalue weighted by Gasteiger charge is -2.42. The molecular weight excluding hydrogens is 281 g/mol. The first-order valence-electron chi connectivity index (χ1n) is 8.07. The lowest BCUT2D eigenvalue weighted by Crippen LogP contribution is -2.58. The molecule has 1 aliphatic carbocycles. The van der Waals surface area contributed by atoms with Gasteiger partial charge in [0.15, 0.2) is 0 Å². The first kappa shape index (κ1) is 17.0. The third kappa shape index (κ3) is 5.75. The molecular formula is C15H27F3N2O. The van der Waals surface area contributed by atoms with Gasteiger partial charge in [0, 0.05) is 31.7 Å². The summed E-state index contributed by atoms with van der Waals surface area (Å²) >= 11 is 0. The normalized spacial score (nSPS) is 29.7. The molecule has 2 atom stereocenters. The van der Waals surface area contributed by atoms with Gasteiger partial charge in [-0.1, -0.05) is 19.3 Å². The van der Waals surface area contributed by atoms with Crippen molar-refractivity contribution in [3.05, 3.63) is 0 Å². The molecule has 1 N–H and O–H groups in total. The second-order valence-corrected chi connectivity index (χ2v) is 6.42. The molecule has 2 rings (SSSR count). The van der Waals surface area contributed by atoms with Crippen LogP contribution in [0, 0.1) is 5.92 Å². The van der Waals surface area contributed by atoms with Crippen molar-refractivity contribution in [2.75, 3.05) is 32.8 Å². The van der Waals surface area contributed by atoms with Crippen LogP contribution < -0.4 is 5.32 Å². The molecule has 124 valence electrons. The number of ether oxygens (including phenoxy) is 1. The Balaban J connectivity index is 1.73. The molecule has 0 radical (unpaired) electrons. The summed E-state index contributed by atoms with van der Waals surface area (Å²) in [6.45, 7) is 3.57. The van der Waals surface area contributed by atoms with Crippen LogP contribution in [-0.2, 0) is 4.74 Å². The van der Waals surface area contributed by atoms with Crippen molar-refractivity contribution < 1.29 is 17.9 Å². The average molecular weight is 308 g/mol. The van der Waals surface area contributed by atoms with Crippen molar-refractivity contribution in [1.29, 1.82) is 0 Å². The van der Waals surface area contributed by atoms with E-state index in [0.29, 0.717) is 18.6 Å². The molecule has 2 fully saturated rings. The summed E-state index contributed by atoms with van der Waals surface area (Å²) in [5, 5.41) is 3.62. The van der Waals surface area contributed by atoms with Crippen molar-refractivity contribution in [1.82, 2.24) is 10.2 Å². The highest BCUT2D eigenvalue weighted by Crippen LogP contribution is 2.28. The lowest BCUT2D eigenvalue weighted by atomic mass is 9.82. The Morgan fingerprint density at radius 3 is 2.57 bits per heavy atom. The third-order valence-corrected chi connectivity index (χ3v) is 4.74. The van der Waals surface area contributed by atoms with E-state index >= 15 is 0 Å². The lowest BCUT2D eigenvalue weighted by molar-refractivity contribution is -0.175. The Kier molecular flexibility index (Phi) is 6.32. The number of hydrogen-bond donors (Lipinski definition) is 1. The van der Waals surface area contributed by atoms with Crippen molar-refractivity contribution >= 4 is 0 Å². The summed E-state index contributed by atoms with van der Waals surface area (Å²) in [6.07, 6.45) is 2.31. The maximum absolute atomic E-state index is 12.1. The number of rotatable bonds is 5. The molecule has 0 spiro atoms. The van der Waals surface area contributed by atoms with Crippen LogP contribution in [0.5, 0.6) is 0 Å². The predicted octanol–water partition coefficient (Wildman–Crippen LogP) is 2.81. The van der Waals surface area contributed by atoms with Crippen LogP contribution in [0.25, 0.3) is 0 Å². The van der Waals surface area contributed by atoms with Crippen LogP contribution in [0.15, 0.2) is 0 Å². The van der Waals surface area contributed by atoms with Crippen LogP contribution in [0.2, 0.25) is 0 Å². The molecule has 2 aliphatic rings. The highest BCUT2D eigenvalue weighted by Gasteiger charge is 2.31. The first-order chi connectivity index (χ1) is 9.96. The predicted molar refractivity (Wildman–Crippen MR) is 76.3 cm³/mol. The van der Waals surface area contributed by atoms with E-state index in [-0.39, 0.29) is 6.61 Å². The molecule has 2 unspecified atom stereocenters. The Morgan fingerprint density at radius 2 is 1.90 bits per heavy atom. The fourth-order valence-electron chi connectivity index (χ4n) is 3.48. The van der Waals surface area contributed by atoms with Crippen LogP contribution in [-0.4, -0.2) is 56.0 Å². The van der Waals surface area contributed by atoms with Gasteiger partial charge in [0.05, 0.1) is 6.61 Å². The summed E-state index contributed by atoms with van der Waals surface area (Å²) in [4.78, 5) is 2.27. The van der Waals surface area contributed by atoms with Crippen LogP contribution in [0.4, 0.5) is 13.2 Å². The number of halogens is 3. The maximum atomic E-state index is 12.1. The second-order valence-electron chi connectivity index (χ2n) is 6.42. The summed E-state index contributed by atoms with van der Waals surface area (Å²) in [5.41, 5.74) is 0. The summed E-state index contributed by atoms with van der Waals surface area (Å²) in [6, 6.07) is 0.850. The van der Waals surface area contributed by atoms with Crippen LogP contribution >= 0.6 is 0 Å². The van der Waals surface area contributed by atoms with Gasteiger partial charge in [-0.25, -0.2) is 0 Å². The Hall–Kier alpha value is -0.330. The highest BCUT2D eigenvalue weighted by molar-refractivity contribution is 4.89. The van der Waals surface area contributed by atoms with Gasteiger partial charge < -0.3 is 10.1 Å². The number of hydrogen-bond acceptors (Lipinski definition) is 3. The number of nitrogens with one attached hydrogen (secondary N) is 1. The molecule has 1 saturated heterocycles. The van der Waals surface area contributed by atoms with Gasteiger partial charge in [-0.15, -0.1) is 0 Å². The molecule has 1 heterocycles. The molecule has 3 nitrogen and oxygen atoms in total. The molecule has 1 saturated carbocycles. The van der Waals surface area contributed by atoms with Crippen molar-refractivity contribution in [2.24, 2.45) is 5.92 Å². The molecule has 0 aromatic rings. The van der Waals surface area contributed by atoms with Crippen molar-refractivity contribution in [3.63, 3.8) is 0 Å². The quantitative estimate of drug-likeness (QED) is 0.791. The molecule has 6 heteroatoms. The molecule has 0 aromatic heterocycles. The van der Waals surface area contributed by atoms with E-state index in [1.54, 1.807) is 0 Å². The van der Waals surface area contributed by atoms with Gasteiger partial charge >= 0.3 is 6.18 Å². The summed E-state index contributed by atoms with van der Waals surface area (Å²) in [7, 11) is 0. The topological polar surface area (TPSA) is 24.5 Å². The zero-order valence-corrected chi connectivity index (χ0v) is 12.8. The van der Waals surface area contributed by atoms with Gasteiger partial charge in [-0.2, -0.15) is 13.2 Å². The Morgan fingerprint density at radius 1 is 1.19 bits per heavy atom. The monoisotopic (exact) mass is 308 g/mol. The first-order valence-corrected chi connectivity index (χ1v) is 8.07. The van der Waals surface area contributed by atoms with Gasteiger partial charge in [-0.3, -0.25) is 4.90 Å². The molecule has 0 amide bonds. The second kappa shape index (κ2) is 7.79. The molecule has 21 heavy (non-hydrogen) atoms. The summed E-state index contributed by atoms with van der Waals surface area (Å²) < 4.78 is 40.9. The number of piperazine rings is 1. The minimum absolute atomic E-state index is 0.154. The van der Waals surface area contributed by atoms with Crippen molar-refractivity contribution in [2.45, 2.75) is 57.3 Å². The van der Waals surface area contributed by atoms with E-state index in [2.05, 4.69) is 17.1 Å². The summed E-state index contributed by atoms with van der Waals surface area (Å²) in [5.74, 6) is 0.727. The van der Waals surface area contributed by atoms with Crippen LogP contribution in [0.1, 0.15) is 39.0 Å².